The van der Waals surface area contributed by atoms with Crippen LogP contribution in [-0.4, -0.2) is 65.5 Å². The Morgan fingerprint density at radius 2 is 1.62 bits per heavy atom. The van der Waals surface area contributed by atoms with Gasteiger partial charge in [-0.1, -0.05) is 0 Å². The summed E-state index contributed by atoms with van der Waals surface area (Å²) in [6.45, 7) is 1.75. The van der Waals surface area contributed by atoms with Crippen LogP contribution in [0.4, 0.5) is 20.2 Å². The number of ether oxygens (including phenoxy) is 3. The summed E-state index contributed by atoms with van der Waals surface area (Å²) >= 11 is 3.44. The molecule has 0 atom stereocenters. The molecule has 45 heavy (non-hydrogen) atoms. The van der Waals surface area contributed by atoms with Gasteiger partial charge in [-0.3, -0.25) is 19.4 Å². The monoisotopic (exact) mass is 681 g/mol. The van der Waals surface area contributed by atoms with E-state index in [2.05, 4.69) is 36.5 Å². The second-order valence-electron chi connectivity index (χ2n) is 10.5. The van der Waals surface area contributed by atoms with Crippen molar-refractivity contribution in [1.29, 1.82) is 0 Å². The number of hydrogen-bond donors (Lipinski definition) is 2. The highest BCUT2D eigenvalue weighted by Crippen LogP contribution is 2.47. The number of hydrogen-bond acceptors (Lipinski definition) is 8. The first-order valence-corrected chi connectivity index (χ1v) is 14.8. The van der Waals surface area contributed by atoms with Gasteiger partial charge < -0.3 is 29.7 Å². The number of aromatic nitrogens is 2. The Kier molecular flexibility index (Phi) is 8.59. The lowest BCUT2D eigenvalue weighted by Gasteiger charge is -2.26. The number of nitrogens with zero attached hydrogens (tertiary/aromatic N) is 3. The fraction of sp³-hybridized carbons (Fsp3) is 0.258. The van der Waals surface area contributed by atoms with E-state index < -0.39 is 28.9 Å². The minimum absolute atomic E-state index is 0.122. The molecule has 0 radical (unpaired) electrons. The van der Waals surface area contributed by atoms with E-state index in [-0.39, 0.29) is 35.6 Å². The van der Waals surface area contributed by atoms with Crippen molar-refractivity contribution in [3.05, 3.63) is 77.0 Å². The van der Waals surface area contributed by atoms with Crippen molar-refractivity contribution >= 4 is 55.9 Å². The fourth-order valence-electron chi connectivity index (χ4n) is 4.76. The van der Waals surface area contributed by atoms with Crippen LogP contribution in [0, 0.1) is 17.0 Å². The van der Waals surface area contributed by atoms with Gasteiger partial charge in [-0.2, -0.15) is 0 Å². The Bertz CT molecular complexity index is 1780. The second kappa shape index (κ2) is 12.7. The summed E-state index contributed by atoms with van der Waals surface area (Å²) in [7, 11) is 0. The van der Waals surface area contributed by atoms with Crippen LogP contribution in [-0.2, 0) is 19.1 Å². The quantitative estimate of drug-likeness (QED) is 0.235. The molecule has 1 aliphatic heterocycles. The third-order valence-electron chi connectivity index (χ3n) is 7.48. The summed E-state index contributed by atoms with van der Waals surface area (Å²) in [5.41, 5.74) is -0.367. The number of benzene rings is 2. The number of anilines is 2. The Hall–Kier alpha value is -4.69. The van der Waals surface area contributed by atoms with Crippen molar-refractivity contribution in [1.82, 2.24) is 14.9 Å². The molecule has 3 amide bonds. The van der Waals surface area contributed by atoms with Gasteiger partial charge in [0.15, 0.2) is 18.2 Å². The van der Waals surface area contributed by atoms with Gasteiger partial charge in [-0.25, -0.2) is 13.8 Å². The van der Waals surface area contributed by atoms with Crippen molar-refractivity contribution in [3.8, 4) is 17.4 Å². The molecular weight excluding hydrogens is 656 g/mol. The van der Waals surface area contributed by atoms with Crippen LogP contribution < -0.4 is 20.1 Å². The number of morpholine rings is 1. The summed E-state index contributed by atoms with van der Waals surface area (Å²) in [5, 5.41) is 5.69. The molecule has 2 aromatic carbocycles. The Morgan fingerprint density at radius 3 is 2.31 bits per heavy atom. The van der Waals surface area contributed by atoms with Gasteiger partial charge in [0, 0.05) is 42.9 Å². The summed E-state index contributed by atoms with van der Waals surface area (Å²) in [6.07, 6.45) is 3.58. The van der Waals surface area contributed by atoms with Crippen LogP contribution >= 0.6 is 15.9 Å². The molecule has 2 aliphatic rings. The molecule has 3 heterocycles. The molecule has 0 bridgehead atoms. The van der Waals surface area contributed by atoms with Crippen LogP contribution in [0.2, 0.25) is 0 Å². The average molecular weight is 682 g/mol. The topological polar surface area (TPSA) is 132 Å². The zero-order valence-electron chi connectivity index (χ0n) is 23.6. The lowest BCUT2D eigenvalue weighted by molar-refractivity contribution is -0.137. The number of carbonyl (C=O) groups is 3. The second-order valence-corrected chi connectivity index (χ2v) is 11.3. The number of carbonyl (C=O) groups excluding carboxylic acids is 3. The third-order valence-corrected chi connectivity index (χ3v) is 8.20. The fourth-order valence-corrected chi connectivity index (χ4v) is 5.29. The number of nitrogens with one attached hydrogen (secondary N) is 2. The molecule has 1 saturated carbocycles. The third kappa shape index (κ3) is 6.56. The first kappa shape index (κ1) is 30.3. The van der Waals surface area contributed by atoms with Gasteiger partial charge in [0.25, 0.3) is 5.91 Å². The van der Waals surface area contributed by atoms with Crippen molar-refractivity contribution in [2.24, 2.45) is 5.41 Å². The summed E-state index contributed by atoms with van der Waals surface area (Å²) in [4.78, 5) is 48.6. The van der Waals surface area contributed by atoms with Crippen LogP contribution in [0.25, 0.3) is 10.9 Å². The molecule has 11 nitrogen and oxygen atoms in total. The highest BCUT2D eigenvalue weighted by atomic mass is 79.9. The number of fused-ring (bicyclic) bond motifs is 1. The minimum atomic E-state index is -1.30. The standard InChI is InChI=1S/C31H26BrF2N5O6/c32-26-27-21(16-36-28(26)44-17-25(40)39-11-13-43-14-12-39)23(7-10-35-27)45-24-6-5-20(15-22(24)34)38-30(42)31(8-9-31)29(41)37-19-3-1-18(33)2-4-19/h1-7,10,15-16H,8-9,11-14,17H2,(H,37,41)(H,38,42). The van der Waals surface area contributed by atoms with Crippen molar-refractivity contribution in [2.75, 3.05) is 43.5 Å². The van der Waals surface area contributed by atoms with Gasteiger partial charge in [-0.15, -0.1) is 0 Å². The minimum Gasteiger partial charge on any atom is -0.467 e. The molecule has 6 rings (SSSR count). The van der Waals surface area contributed by atoms with Gasteiger partial charge >= 0.3 is 0 Å². The first-order chi connectivity index (χ1) is 21.7. The van der Waals surface area contributed by atoms with Gasteiger partial charge in [0.2, 0.25) is 17.7 Å². The predicted octanol–water partition coefficient (Wildman–Crippen LogP) is 5.06. The molecule has 1 aliphatic carbocycles. The maximum Gasteiger partial charge on any atom is 0.260 e. The highest BCUT2D eigenvalue weighted by molar-refractivity contribution is 9.10. The molecule has 1 saturated heterocycles. The van der Waals surface area contributed by atoms with Crippen molar-refractivity contribution in [3.63, 3.8) is 0 Å². The van der Waals surface area contributed by atoms with E-state index in [4.69, 9.17) is 14.2 Å². The van der Waals surface area contributed by atoms with Gasteiger partial charge in [-0.05, 0) is 71.2 Å². The molecule has 2 aromatic heterocycles. The SMILES string of the molecule is O=C(COc1ncc2c(Oc3ccc(NC(=O)C4(C(=O)Nc5ccc(F)cc5)CC4)cc3F)ccnc2c1Br)N1CCOCC1. The Morgan fingerprint density at radius 1 is 0.933 bits per heavy atom. The molecule has 4 aromatic rings. The number of rotatable bonds is 9. The average Bonchev–Trinajstić information content (AvgIpc) is 3.86. The van der Waals surface area contributed by atoms with Crippen LogP contribution in [0.3, 0.4) is 0 Å². The normalized spacial score (nSPS) is 15.3. The molecule has 0 unspecified atom stereocenters. The molecule has 0 spiro atoms. The molecule has 14 heteroatoms. The van der Waals surface area contributed by atoms with E-state index in [0.717, 1.165) is 6.07 Å². The van der Waals surface area contributed by atoms with Gasteiger partial charge in [0.1, 0.15) is 21.5 Å². The number of halogens is 3. The smallest absolute Gasteiger partial charge is 0.260 e. The maximum absolute atomic E-state index is 15.2. The molecule has 2 fully saturated rings. The summed E-state index contributed by atoms with van der Waals surface area (Å²) < 4.78 is 45.5. The lowest BCUT2D eigenvalue weighted by atomic mass is 10.0. The molecule has 232 valence electrons. The van der Waals surface area contributed by atoms with E-state index in [1.807, 2.05) is 0 Å². The van der Waals surface area contributed by atoms with Crippen LogP contribution in [0.15, 0.2) is 65.4 Å². The van der Waals surface area contributed by atoms with Crippen molar-refractivity contribution < 1.29 is 37.4 Å². The Labute approximate surface area is 264 Å². The molecule has 2 N–H and O–H groups in total. The first-order valence-electron chi connectivity index (χ1n) is 14.0. The highest BCUT2D eigenvalue weighted by Gasteiger charge is 2.56. The molecular formula is C31H26BrF2N5O6. The van der Waals surface area contributed by atoms with Crippen LogP contribution in [0.1, 0.15) is 12.8 Å². The summed E-state index contributed by atoms with van der Waals surface area (Å²) in [6, 6.07) is 10.7. The lowest BCUT2D eigenvalue weighted by Crippen LogP contribution is -2.43. The van der Waals surface area contributed by atoms with E-state index in [1.54, 1.807) is 11.0 Å². The zero-order chi connectivity index (χ0) is 31.6. The largest absolute Gasteiger partial charge is 0.467 e. The van der Waals surface area contributed by atoms with Crippen LogP contribution in [0.5, 0.6) is 17.4 Å². The van der Waals surface area contributed by atoms with E-state index in [1.165, 1.54) is 48.8 Å². The zero-order valence-corrected chi connectivity index (χ0v) is 25.2. The summed E-state index contributed by atoms with van der Waals surface area (Å²) in [5.74, 6) is -2.18. The number of pyridine rings is 2. The predicted molar refractivity (Wildman–Crippen MR) is 162 cm³/mol. The Balaban J connectivity index is 1.11. The van der Waals surface area contributed by atoms with E-state index in [0.29, 0.717) is 60.2 Å². The maximum atomic E-state index is 15.2. The van der Waals surface area contributed by atoms with E-state index in [9.17, 15) is 18.8 Å². The van der Waals surface area contributed by atoms with Gasteiger partial charge in [0.05, 0.1) is 24.1 Å². The van der Waals surface area contributed by atoms with E-state index >= 15 is 4.39 Å². The number of amides is 3. The van der Waals surface area contributed by atoms with Crippen molar-refractivity contribution in [2.45, 2.75) is 12.8 Å².